The van der Waals surface area contributed by atoms with Crippen molar-refractivity contribution in [2.45, 2.75) is 42.7 Å². The molecule has 0 bridgehead atoms. The van der Waals surface area contributed by atoms with Crippen molar-refractivity contribution in [1.29, 1.82) is 0 Å². The van der Waals surface area contributed by atoms with E-state index in [0.29, 0.717) is 0 Å². The number of nitrogens with one attached hydrogen (secondary N) is 1. The third-order valence-electron chi connectivity index (χ3n) is 3.28. The second-order valence-corrected chi connectivity index (χ2v) is 7.25. The van der Waals surface area contributed by atoms with Crippen LogP contribution in [-0.2, 0) is 10.0 Å². The van der Waals surface area contributed by atoms with E-state index in [0.717, 1.165) is 25.7 Å². The van der Waals surface area contributed by atoms with Crippen LogP contribution in [0.2, 0.25) is 10.0 Å². The van der Waals surface area contributed by atoms with Crippen LogP contribution in [-0.4, -0.2) is 20.5 Å². The first-order valence-electron chi connectivity index (χ1n) is 6.12. The fraction of sp³-hybridized carbons (Fsp3) is 0.500. The van der Waals surface area contributed by atoms with Gasteiger partial charge in [-0.05, 0) is 37.8 Å². The summed E-state index contributed by atoms with van der Waals surface area (Å²) in [6.07, 6.45) is 3.12. The summed E-state index contributed by atoms with van der Waals surface area (Å²) in [7, 11) is -3.69. The summed E-state index contributed by atoms with van der Waals surface area (Å²) in [6, 6.07) is 4.71. The highest BCUT2D eigenvalue weighted by molar-refractivity contribution is 7.89. The molecule has 3 N–H and O–H groups in total. The van der Waals surface area contributed by atoms with Gasteiger partial charge in [0.2, 0.25) is 10.0 Å². The van der Waals surface area contributed by atoms with Gasteiger partial charge in [-0.2, -0.15) is 0 Å². The van der Waals surface area contributed by atoms with E-state index in [1.54, 1.807) is 6.07 Å². The predicted octanol–water partition coefficient (Wildman–Crippen LogP) is 2.96. The quantitative estimate of drug-likeness (QED) is 0.871. The zero-order chi connectivity index (χ0) is 14.0. The fourth-order valence-electron chi connectivity index (χ4n) is 2.25. The molecule has 1 aliphatic rings. The van der Waals surface area contributed by atoms with E-state index in [9.17, 15) is 8.42 Å². The van der Waals surface area contributed by atoms with Crippen molar-refractivity contribution in [1.82, 2.24) is 4.72 Å². The lowest BCUT2D eigenvalue weighted by atomic mass is 9.93. The second-order valence-electron chi connectivity index (χ2n) is 4.78. The van der Waals surface area contributed by atoms with Gasteiger partial charge in [-0.1, -0.05) is 29.3 Å². The van der Waals surface area contributed by atoms with Crippen LogP contribution >= 0.6 is 35.6 Å². The Bertz CT molecular complexity index is 538. The van der Waals surface area contributed by atoms with Crippen LogP contribution in [0, 0.1) is 0 Å². The van der Waals surface area contributed by atoms with Gasteiger partial charge in [0.1, 0.15) is 4.90 Å². The lowest BCUT2D eigenvalue weighted by molar-refractivity contribution is 0.373. The van der Waals surface area contributed by atoms with Gasteiger partial charge in [0.15, 0.2) is 0 Å². The number of hydrogen-bond donors (Lipinski definition) is 2. The highest BCUT2D eigenvalue weighted by atomic mass is 35.5. The summed E-state index contributed by atoms with van der Waals surface area (Å²) >= 11 is 11.9. The lowest BCUT2D eigenvalue weighted by Crippen LogP contribution is -2.40. The summed E-state index contributed by atoms with van der Waals surface area (Å²) in [4.78, 5) is -0.0480. The van der Waals surface area contributed by atoms with Gasteiger partial charge in [-0.15, -0.1) is 12.4 Å². The van der Waals surface area contributed by atoms with E-state index in [-0.39, 0.29) is 39.4 Å². The maximum absolute atomic E-state index is 12.3. The first kappa shape index (κ1) is 18.0. The Labute approximate surface area is 135 Å². The van der Waals surface area contributed by atoms with Crippen molar-refractivity contribution in [3.05, 3.63) is 28.2 Å². The molecule has 8 heteroatoms. The zero-order valence-electron chi connectivity index (χ0n) is 10.7. The van der Waals surface area contributed by atoms with E-state index in [2.05, 4.69) is 4.72 Å². The number of rotatable bonds is 3. The smallest absolute Gasteiger partial charge is 0.243 e. The molecule has 0 saturated heterocycles. The van der Waals surface area contributed by atoms with Crippen LogP contribution < -0.4 is 10.5 Å². The minimum Gasteiger partial charge on any atom is -0.328 e. The largest absolute Gasteiger partial charge is 0.328 e. The minimum absolute atomic E-state index is 0. The van der Waals surface area contributed by atoms with Gasteiger partial charge in [0.25, 0.3) is 0 Å². The van der Waals surface area contributed by atoms with Crippen molar-refractivity contribution in [2.75, 3.05) is 0 Å². The van der Waals surface area contributed by atoms with Crippen molar-refractivity contribution in [3.63, 3.8) is 0 Å². The number of halogens is 3. The monoisotopic (exact) mass is 358 g/mol. The van der Waals surface area contributed by atoms with Crippen molar-refractivity contribution in [3.8, 4) is 0 Å². The highest BCUT2D eigenvalue weighted by Crippen LogP contribution is 2.29. The molecule has 0 aliphatic heterocycles. The predicted molar refractivity (Wildman–Crippen MR) is 84.3 cm³/mol. The standard InChI is InChI=1S/C12H16Cl2N2O2S.ClH/c13-10-2-1-3-11(14)12(10)19(17,18)16-9-6-4-8(15)5-7-9;/h1-3,8-9,16H,4-7,15H2;1H. The molecule has 0 heterocycles. The maximum Gasteiger partial charge on any atom is 0.243 e. The Morgan fingerprint density at radius 2 is 1.60 bits per heavy atom. The van der Waals surface area contributed by atoms with Crippen molar-refractivity contribution < 1.29 is 8.42 Å². The lowest BCUT2D eigenvalue weighted by Gasteiger charge is -2.26. The fourth-order valence-corrected chi connectivity index (χ4v) is 4.70. The molecule has 0 radical (unpaired) electrons. The van der Waals surface area contributed by atoms with E-state index in [1.165, 1.54) is 12.1 Å². The molecule has 1 fully saturated rings. The van der Waals surface area contributed by atoms with Gasteiger partial charge in [-0.25, -0.2) is 13.1 Å². The Hall–Kier alpha value is -0.0400. The molecular weight excluding hydrogens is 343 g/mol. The molecule has 0 unspecified atom stereocenters. The minimum atomic E-state index is -3.69. The average Bonchev–Trinajstić information content (AvgIpc) is 2.31. The highest BCUT2D eigenvalue weighted by Gasteiger charge is 2.27. The Balaban J connectivity index is 0.00000200. The van der Waals surface area contributed by atoms with Crippen LogP contribution in [0.3, 0.4) is 0 Å². The normalized spacial score (nSPS) is 23.1. The Morgan fingerprint density at radius 3 is 2.10 bits per heavy atom. The summed E-state index contributed by atoms with van der Waals surface area (Å²) < 4.78 is 27.3. The van der Waals surface area contributed by atoms with Crippen molar-refractivity contribution in [2.24, 2.45) is 5.73 Å². The molecule has 114 valence electrons. The van der Waals surface area contributed by atoms with Gasteiger partial charge in [0, 0.05) is 12.1 Å². The van der Waals surface area contributed by atoms with Gasteiger partial charge < -0.3 is 5.73 Å². The summed E-state index contributed by atoms with van der Waals surface area (Å²) in [5, 5.41) is 0.264. The van der Waals surface area contributed by atoms with E-state index in [4.69, 9.17) is 28.9 Å². The third kappa shape index (κ3) is 4.23. The average molecular weight is 360 g/mol. The zero-order valence-corrected chi connectivity index (χ0v) is 13.8. The van der Waals surface area contributed by atoms with Crippen LogP contribution in [0.5, 0.6) is 0 Å². The van der Waals surface area contributed by atoms with Gasteiger partial charge in [0.05, 0.1) is 10.0 Å². The SMILES string of the molecule is Cl.NC1CCC(NS(=O)(=O)c2c(Cl)cccc2Cl)CC1. The molecule has 2 rings (SSSR count). The molecule has 1 aliphatic carbocycles. The molecule has 0 aromatic heterocycles. The number of sulfonamides is 1. The van der Waals surface area contributed by atoms with E-state index >= 15 is 0 Å². The molecule has 0 atom stereocenters. The molecule has 1 aromatic carbocycles. The molecule has 20 heavy (non-hydrogen) atoms. The van der Waals surface area contributed by atoms with Crippen LogP contribution in [0.15, 0.2) is 23.1 Å². The molecule has 1 saturated carbocycles. The van der Waals surface area contributed by atoms with Gasteiger partial charge >= 0.3 is 0 Å². The molecular formula is C12H17Cl3N2O2S. The van der Waals surface area contributed by atoms with Crippen LogP contribution in [0.4, 0.5) is 0 Å². The topological polar surface area (TPSA) is 72.2 Å². The number of benzene rings is 1. The first-order valence-corrected chi connectivity index (χ1v) is 8.36. The van der Waals surface area contributed by atoms with Crippen molar-refractivity contribution >= 4 is 45.6 Å². The van der Waals surface area contributed by atoms with Gasteiger partial charge in [-0.3, -0.25) is 0 Å². The summed E-state index contributed by atoms with van der Waals surface area (Å²) in [6.45, 7) is 0. The molecule has 4 nitrogen and oxygen atoms in total. The summed E-state index contributed by atoms with van der Waals surface area (Å²) in [5.41, 5.74) is 5.80. The molecule has 1 aromatic rings. The van der Waals surface area contributed by atoms with Crippen LogP contribution in [0.25, 0.3) is 0 Å². The first-order chi connectivity index (χ1) is 8.90. The maximum atomic E-state index is 12.3. The molecule has 0 spiro atoms. The second kappa shape index (κ2) is 7.29. The summed E-state index contributed by atoms with van der Waals surface area (Å²) in [5.74, 6) is 0. The van der Waals surface area contributed by atoms with E-state index < -0.39 is 10.0 Å². The van der Waals surface area contributed by atoms with Crippen LogP contribution in [0.1, 0.15) is 25.7 Å². The molecule has 0 amide bonds. The van der Waals surface area contributed by atoms with E-state index in [1.807, 2.05) is 0 Å². The Kier molecular flexibility index (Phi) is 6.57. The Morgan fingerprint density at radius 1 is 1.10 bits per heavy atom. The third-order valence-corrected chi connectivity index (χ3v) is 5.76. The number of nitrogens with two attached hydrogens (primary N) is 1. The number of hydrogen-bond acceptors (Lipinski definition) is 3.